The molecule has 0 aliphatic heterocycles. The third kappa shape index (κ3) is 3.97. The number of aromatic hydroxyl groups is 1. The molecule has 0 unspecified atom stereocenters. The summed E-state index contributed by atoms with van der Waals surface area (Å²) in [7, 11) is 0. The Morgan fingerprint density at radius 2 is 2.21 bits per heavy atom. The average molecular weight is 262 g/mol. The highest BCUT2D eigenvalue weighted by molar-refractivity contribution is 5.91. The summed E-state index contributed by atoms with van der Waals surface area (Å²) in [5.74, 6) is -1.57. The van der Waals surface area contributed by atoms with Gasteiger partial charge in [-0.2, -0.15) is 5.26 Å². The number of carboxylic acids is 1. The highest BCUT2D eigenvalue weighted by atomic mass is 16.4. The first-order chi connectivity index (χ1) is 8.99. The van der Waals surface area contributed by atoms with Gasteiger partial charge in [-0.25, -0.2) is 4.79 Å². The van der Waals surface area contributed by atoms with Crippen LogP contribution in [0.3, 0.4) is 0 Å². The van der Waals surface area contributed by atoms with Crippen LogP contribution in [-0.2, 0) is 6.42 Å². The maximum absolute atomic E-state index is 10.9. The van der Waals surface area contributed by atoms with Crippen molar-refractivity contribution >= 4 is 5.97 Å². The monoisotopic (exact) mass is 262 g/mol. The predicted octanol–water partition coefficient (Wildman–Crippen LogP) is 1.89. The molecule has 1 aromatic rings. The van der Waals surface area contributed by atoms with Gasteiger partial charge < -0.3 is 15.5 Å². The van der Waals surface area contributed by atoms with Crippen molar-refractivity contribution in [1.82, 2.24) is 5.32 Å². The third-order valence-corrected chi connectivity index (χ3v) is 3.07. The topological polar surface area (TPSA) is 93.3 Å². The fourth-order valence-electron chi connectivity index (χ4n) is 1.71. The first-order valence-electron chi connectivity index (χ1n) is 6.22. The van der Waals surface area contributed by atoms with Crippen molar-refractivity contribution in [3.05, 3.63) is 28.8 Å². The van der Waals surface area contributed by atoms with E-state index in [2.05, 4.69) is 19.2 Å². The molecule has 0 heterocycles. The van der Waals surface area contributed by atoms with E-state index in [0.29, 0.717) is 30.1 Å². The maximum Gasteiger partial charge on any atom is 0.339 e. The molecule has 3 N–H and O–H groups in total. The molecule has 0 spiro atoms. The zero-order valence-corrected chi connectivity index (χ0v) is 11.1. The van der Waals surface area contributed by atoms with Gasteiger partial charge in [0.15, 0.2) is 0 Å². The van der Waals surface area contributed by atoms with Crippen molar-refractivity contribution in [3.63, 3.8) is 0 Å². The zero-order chi connectivity index (χ0) is 14.4. The van der Waals surface area contributed by atoms with E-state index in [-0.39, 0.29) is 11.3 Å². The smallest absolute Gasteiger partial charge is 0.339 e. The van der Waals surface area contributed by atoms with Crippen molar-refractivity contribution in [1.29, 1.82) is 5.26 Å². The normalized spacial score (nSPS) is 11.8. The summed E-state index contributed by atoms with van der Waals surface area (Å²) >= 11 is 0. The van der Waals surface area contributed by atoms with Gasteiger partial charge in [-0.3, -0.25) is 0 Å². The van der Waals surface area contributed by atoms with Crippen molar-refractivity contribution in [2.24, 2.45) is 0 Å². The minimum atomic E-state index is -1.20. The molecular formula is C14H18N2O3. The van der Waals surface area contributed by atoms with Gasteiger partial charge in [-0.05, 0) is 44.0 Å². The van der Waals surface area contributed by atoms with E-state index in [9.17, 15) is 9.90 Å². The van der Waals surface area contributed by atoms with Gasteiger partial charge in [0.25, 0.3) is 0 Å². The number of hydrogen-bond donors (Lipinski definition) is 3. The Kier molecular flexibility index (Phi) is 5.34. The van der Waals surface area contributed by atoms with Gasteiger partial charge in [0.2, 0.25) is 0 Å². The summed E-state index contributed by atoms with van der Waals surface area (Å²) in [6.07, 6.45) is 1.55. The Balaban J connectivity index is 2.90. The van der Waals surface area contributed by atoms with Gasteiger partial charge >= 0.3 is 5.97 Å². The second-order valence-corrected chi connectivity index (χ2v) is 4.46. The number of benzene rings is 1. The van der Waals surface area contributed by atoms with E-state index in [1.807, 2.05) is 6.07 Å². The molecule has 0 saturated carbocycles. The molecule has 1 rings (SSSR count). The summed E-state index contributed by atoms with van der Waals surface area (Å²) in [6, 6.07) is 4.93. The third-order valence-electron chi connectivity index (χ3n) is 3.07. The summed E-state index contributed by atoms with van der Waals surface area (Å²) in [6.45, 7) is 4.79. The van der Waals surface area contributed by atoms with E-state index in [1.165, 1.54) is 12.1 Å². The molecule has 102 valence electrons. The van der Waals surface area contributed by atoms with Crippen LogP contribution >= 0.6 is 0 Å². The number of carbonyl (C=O) groups is 1. The summed E-state index contributed by atoms with van der Waals surface area (Å²) in [5, 5.41) is 30.7. The van der Waals surface area contributed by atoms with Gasteiger partial charge in [0.1, 0.15) is 11.3 Å². The maximum atomic E-state index is 10.9. The second kappa shape index (κ2) is 6.76. The van der Waals surface area contributed by atoms with Crippen molar-refractivity contribution < 1.29 is 15.0 Å². The molecule has 5 heteroatoms. The van der Waals surface area contributed by atoms with Crippen LogP contribution in [0.1, 0.15) is 41.8 Å². The van der Waals surface area contributed by atoms with Crippen molar-refractivity contribution in [2.45, 2.75) is 32.7 Å². The Labute approximate surface area is 112 Å². The highest BCUT2D eigenvalue weighted by Gasteiger charge is 2.14. The number of nitrogens with zero attached hydrogens (tertiary/aromatic N) is 1. The van der Waals surface area contributed by atoms with Crippen LogP contribution in [0.15, 0.2) is 12.1 Å². The lowest BCUT2D eigenvalue weighted by Gasteiger charge is -2.12. The SMILES string of the molecule is CC[C@@H](C)NCCc1cc(C(=O)O)c(O)cc1C#N. The molecule has 0 fully saturated rings. The van der Waals surface area contributed by atoms with Crippen LogP contribution in [-0.4, -0.2) is 28.8 Å². The zero-order valence-electron chi connectivity index (χ0n) is 11.1. The van der Waals surface area contributed by atoms with Gasteiger partial charge in [0.05, 0.1) is 11.6 Å². The lowest BCUT2D eigenvalue weighted by Crippen LogP contribution is -2.27. The molecule has 0 aliphatic carbocycles. The van der Waals surface area contributed by atoms with Crippen molar-refractivity contribution in [3.8, 4) is 11.8 Å². The number of rotatable bonds is 6. The molecule has 5 nitrogen and oxygen atoms in total. The molecule has 0 bridgehead atoms. The van der Waals surface area contributed by atoms with E-state index in [4.69, 9.17) is 10.4 Å². The van der Waals surface area contributed by atoms with Gasteiger partial charge in [-0.15, -0.1) is 0 Å². The van der Waals surface area contributed by atoms with E-state index < -0.39 is 5.97 Å². The molecule has 0 aromatic heterocycles. The quantitative estimate of drug-likeness (QED) is 0.728. The van der Waals surface area contributed by atoms with Crippen LogP contribution in [0.4, 0.5) is 0 Å². The summed E-state index contributed by atoms with van der Waals surface area (Å²) < 4.78 is 0. The molecule has 0 aliphatic rings. The number of hydrogen-bond acceptors (Lipinski definition) is 4. The highest BCUT2D eigenvalue weighted by Crippen LogP contribution is 2.22. The molecule has 0 saturated heterocycles. The van der Waals surface area contributed by atoms with Gasteiger partial charge in [0, 0.05) is 6.04 Å². The van der Waals surface area contributed by atoms with E-state index in [1.54, 1.807) is 0 Å². The largest absolute Gasteiger partial charge is 0.507 e. The van der Waals surface area contributed by atoms with E-state index in [0.717, 1.165) is 6.42 Å². The second-order valence-electron chi connectivity index (χ2n) is 4.46. The van der Waals surface area contributed by atoms with Gasteiger partial charge in [-0.1, -0.05) is 6.92 Å². The van der Waals surface area contributed by atoms with Crippen LogP contribution < -0.4 is 5.32 Å². The Morgan fingerprint density at radius 1 is 1.53 bits per heavy atom. The minimum Gasteiger partial charge on any atom is -0.507 e. The molecular weight excluding hydrogens is 244 g/mol. The lowest BCUT2D eigenvalue weighted by atomic mass is 10.0. The molecule has 0 amide bonds. The number of carboxylic acid groups (broad SMARTS) is 1. The van der Waals surface area contributed by atoms with Crippen molar-refractivity contribution in [2.75, 3.05) is 6.54 Å². The standard InChI is InChI=1S/C14H18N2O3/c1-3-9(2)16-5-4-10-6-12(14(18)19)13(17)7-11(10)8-15/h6-7,9,16-17H,3-5H2,1-2H3,(H,18,19)/t9-/m1/s1. The molecule has 1 aromatic carbocycles. The first kappa shape index (κ1) is 15.0. The Bertz CT molecular complexity index is 506. The number of nitriles is 1. The average Bonchev–Trinajstić information content (AvgIpc) is 2.39. The lowest BCUT2D eigenvalue weighted by molar-refractivity contribution is 0.0693. The Hall–Kier alpha value is -2.06. The van der Waals surface area contributed by atoms with E-state index >= 15 is 0 Å². The van der Waals surface area contributed by atoms with Crippen LogP contribution in [0.25, 0.3) is 0 Å². The molecule has 19 heavy (non-hydrogen) atoms. The first-order valence-corrected chi connectivity index (χ1v) is 6.22. The fraction of sp³-hybridized carbons (Fsp3) is 0.429. The minimum absolute atomic E-state index is 0.169. The number of aromatic carboxylic acids is 1. The number of nitrogens with one attached hydrogen (secondary N) is 1. The number of phenols is 1. The Morgan fingerprint density at radius 3 is 2.74 bits per heavy atom. The van der Waals surface area contributed by atoms with Crippen LogP contribution in [0.5, 0.6) is 5.75 Å². The van der Waals surface area contributed by atoms with Crippen LogP contribution in [0, 0.1) is 11.3 Å². The fourth-order valence-corrected chi connectivity index (χ4v) is 1.71. The predicted molar refractivity (Wildman–Crippen MR) is 71.2 cm³/mol. The summed E-state index contributed by atoms with van der Waals surface area (Å²) in [4.78, 5) is 10.9. The summed E-state index contributed by atoms with van der Waals surface area (Å²) in [5.41, 5.74) is 0.777. The molecule has 0 radical (unpaired) electrons. The van der Waals surface area contributed by atoms with Crippen LogP contribution in [0.2, 0.25) is 0 Å². The molecule has 1 atom stereocenters.